The molecule has 1 aromatic heterocycles. The normalized spacial score (nSPS) is 25.3. The third kappa shape index (κ3) is 2.75. The minimum absolute atomic E-state index is 0.237. The summed E-state index contributed by atoms with van der Waals surface area (Å²) in [5.74, 6) is 0. The molecule has 0 N–H and O–H groups in total. The number of aliphatic imine (C=N–C) groups is 2. The van der Waals surface area contributed by atoms with Crippen molar-refractivity contribution >= 4 is 11.4 Å². The predicted molar refractivity (Wildman–Crippen MR) is 98.1 cm³/mol. The van der Waals surface area contributed by atoms with E-state index < -0.39 is 0 Å². The molecule has 1 aromatic rings. The monoisotopic (exact) mass is 311 g/mol. The Labute approximate surface area is 140 Å². The molecule has 2 aliphatic rings. The van der Waals surface area contributed by atoms with Gasteiger partial charge in [-0.1, -0.05) is 27.7 Å². The van der Waals surface area contributed by atoms with Crippen LogP contribution in [0.1, 0.15) is 68.6 Å². The van der Waals surface area contributed by atoms with Gasteiger partial charge in [-0.3, -0.25) is 15.0 Å². The van der Waals surface area contributed by atoms with E-state index in [1.807, 2.05) is 14.1 Å². The van der Waals surface area contributed by atoms with Gasteiger partial charge in [0.1, 0.15) is 0 Å². The Morgan fingerprint density at radius 3 is 1.48 bits per heavy atom. The molecule has 0 aromatic carbocycles. The lowest BCUT2D eigenvalue weighted by molar-refractivity contribution is 0.355. The maximum absolute atomic E-state index is 5.14. The fourth-order valence-electron chi connectivity index (χ4n) is 4.35. The second-order valence-electron chi connectivity index (χ2n) is 8.76. The van der Waals surface area contributed by atoms with Crippen LogP contribution in [-0.4, -0.2) is 30.5 Å². The highest BCUT2D eigenvalue weighted by Gasteiger charge is 2.37. The summed E-state index contributed by atoms with van der Waals surface area (Å²) in [4.78, 5) is 14.4. The van der Waals surface area contributed by atoms with Crippen LogP contribution in [0.4, 0.5) is 0 Å². The van der Waals surface area contributed by atoms with Crippen molar-refractivity contribution in [1.29, 1.82) is 0 Å². The van der Waals surface area contributed by atoms with Gasteiger partial charge in [-0.15, -0.1) is 0 Å². The van der Waals surface area contributed by atoms with E-state index in [9.17, 15) is 0 Å². The van der Waals surface area contributed by atoms with Gasteiger partial charge in [-0.2, -0.15) is 0 Å². The van der Waals surface area contributed by atoms with Gasteiger partial charge in [0.25, 0.3) is 0 Å². The molecule has 0 bridgehead atoms. The van der Waals surface area contributed by atoms with Crippen molar-refractivity contribution < 1.29 is 0 Å². The van der Waals surface area contributed by atoms with Gasteiger partial charge in [-0.25, -0.2) is 0 Å². The zero-order valence-electron chi connectivity index (χ0n) is 15.7. The van der Waals surface area contributed by atoms with E-state index in [0.717, 1.165) is 25.7 Å². The van der Waals surface area contributed by atoms with Crippen LogP contribution < -0.4 is 0 Å². The number of nitrogens with zero attached hydrogens (tertiary/aromatic N) is 3. The molecule has 0 saturated heterocycles. The number of hydrogen-bond donors (Lipinski definition) is 0. The molecule has 3 heteroatoms. The first-order valence-corrected chi connectivity index (χ1v) is 8.62. The molecule has 0 amide bonds. The Morgan fingerprint density at radius 2 is 1.13 bits per heavy atom. The zero-order valence-corrected chi connectivity index (χ0v) is 15.7. The standard InChI is InChI=1S/C20H29N3/c1-12-17-13(21-6)8-19(2,3)10-15(17)23-16-11-20(4,5)9-14(22-7)18(12)16/h8-11H2,1-7H3. The van der Waals surface area contributed by atoms with Crippen molar-refractivity contribution in [3.05, 3.63) is 28.1 Å². The number of hydrogen-bond acceptors (Lipinski definition) is 3. The van der Waals surface area contributed by atoms with E-state index in [1.54, 1.807) is 0 Å². The second-order valence-corrected chi connectivity index (χ2v) is 8.76. The fraction of sp³-hybridized carbons (Fsp3) is 0.650. The molecular formula is C20H29N3. The lowest BCUT2D eigenvalue weighted by Crippen LogP contribution is -2.34. The molecule has 0 saturated carbocycles. The van der Waals surface area contributed by atoms with Gasteiger partial charge in [0.15, 0.2) is 0 Å². The summed E-state index contributed by atoms with van der Waals surface area (Å²) in [5, 5.41) is 0. The van der Waals surface area contributed by atoms with Crippen LogP contribution in [-0.2, 0) is 12.8 Å². The molecular weight excluding hydrogens is 282 g/mol. The number of aromatic nitrogens is 1. The number of pyridine rings is 1. The summed E-state index contributed by atoms with van der Waals surface area (Å²) in [6.07, 6.45) is 4.13. The fourth-order valence-corrected chi connectivity index (χ4v) is 4.35. The van der Waals surface area contributed by atoms with Gasteiger partial charge >= 0.3 is 0 Å². The highest BCUT2D eigenvalue weighted by Crippen LogP contribution is 2.41. The smallest absolute Gasteiger partial charge is 0.0505 e. The first kappa shape index (κ1) is 16.4. The van der Waals surface area contributed by atoms with E-state index >= 15 is 0 Å². The first-order valence-electron chi connectivity index (χ1n) is 8.62. The molecule has 3 nitrogen and oxygen atoms in total. The zero-order chi connectivity index (χ0) is 17.0. The lowest BCUT2D eigenvalue weighted by atomic mass is 9.70. The van der Waals surface area contributed by atoms with Crippen molar-refractivity contribution in [3.63, 3.8) is 0 Å². The molecule has 0 spiro atoms. The topological polar surface area (TPSA) is 37.6 Å². The van der Waals surface area contributed by atoms with Crippen LogP contribution >= 0.6 is 0 Å². The van der Waals surface area contributed by atoms with Crippen LogP contribution in [0.15, 0.2) is 9.98 Å². The third-order valence-electron chi connectivity index (χ3n) is 5.30. The minimum Gasteiger partial charge on any atom is -0.292 e. The van der Waals surface area contributed by atoms with E-state index in [4.69, 9.17) is 4.98 Å². The van der Waals surface area contributed by atoms with E-state index in [0.29, 0.717) is 0 Å². The van der Waals surface area contributed by atoms with Crippen LogP contribution in [0.25, 0.3) is 0 Å². The summed E-state index contributed by atoms with van der Waals surface area (Å²) in [7, 11) is 3.83. The Hall–Kier alpha value is -1.51. The highest BCUT2D eigenvalue weighted by molar-refractivity contribution is 6.10. The van der Waals surface area contributed by atoms with Gasteiger partial charge in [-0.05, 0) is 49.0 Å². The highest BCUT2D eigenvalue weighted by atomic mass is 14.8. The van der Waals surface area contributed by atoms with Crippen molar-refractivity contribution in [1.82, 2.24) is 4.98 Å². The van der Waals surface area contributed by atoms with Crippen molar-refractivity contribution in [3.8, 4) is 0 Å². The summed E-state index contributed by atoms with van der Waals surface area (Å²) >= 11 is 0. The SMILES string of the molecule is CN=C1CC(C)(C)Cc2nc3c(c(C)c21)C(=NC)CC(C)(C)C3. The molecule has 1 heterocycles. The Bertz CT molecular complexity index is 663. The van der Waals surface area contributed by atoms with Crippen LogP contribution in [0.5, 0.6) is 0 Å². The summed E-state index contributed by atoms with van der Waals surface area (Å²) < 4.78 is 0. The molecule has 3 rings (SSSR count). The summed E-state index contributed by atoms with van der Waals surface area (Å²) in [5.41, 5.74) is 9.32. The third-order valence-corrected chi connectivity index (χ3v) is 5.30. The maximum atomic E-state index is 5.14. The first-order chi connectivity index (χ1) is 10.7. The van der Waals surface area contributed by atoms with Crippen molar-refractivity contribution in [2.24, 2.45) is 20.8 Å². The molecule has 0 atom stereocenters. The summed E-state index contributed by atoms with van der Waals surface area (Å²) in [6, 6.07) is 0. The molecule has 0 unspecified atom stereocenters. The van der Waals surface area contributed by atoms with Crippen LogP contribution in [0, 0.1) is 17.8 Å². The van der Waals surface area contributed by atoms with E-state index in [2.05, 4.69) is 44.6 Å². The van der Waals surface area contributed by atoms with E-state index in [-0.39, 0.29) is 10.8 Å². The summed E-state index contributed by atoms with van der Waals surface area (Å²) in [6.45, 7) is 11.5. The second kappa shape index (κ2) is 5.25. The van der Waals surface area contributed by atoms with Crippen molar-refractivity contribution in [2.75, 3.05) is 14.1 Å². The van der Waals surface area contributed by atoms with Gasteiger partial charge in [0, 0.05) is 36.6 Å². The molecule has 23 heavy (non-hydrogen) atoms. The van der Waals surface area contributed by atoms with Gasteiger partial charge < -0.3 is 0 Å². The average Bonchev–Trinajstić information content (AvgIpc) is 2.42. The van der Waals surface area contributed by atoms with Gasteiger partial charge in [0.2, 0.25) is 0 Å². The molecule has 2 aliphatic carbocycles. The Kier molecular flexibility index (Phi) is 3.74. The Morgan fingerprint density at radius 1 is 0.739 bits per heavy atom. The Balaban J connectivity index is 2.28. The minimum atomic E-state index is 0.237. The van der Waals surface area contributed by atoms with Crippen LogP contribution in [0.3, 0.4) is 0 Å². The number of rotatable bonds is 0. The van der Waals surface area contributed by atoms with Gasteiger partial charge in [0.05, 0.1) is 11.4 Å². The molecule has 124 valence electrons. The predicted octanol–water partition coefficient (Wildman–Crippen LogP) is 4.17. The van der Waals surface area contributed by atoms with E-state index in [1.165, 1.54) is 39.5 Å². The quantitative estimate of drug-likeness (QED) is 0.708. The van der Waals surface area contributed by atoms with Crippen LogP contribution in [0.2, 0.25) is 0 Å². The molecule has 0 fully saturated rings. The lowest BCUT2D eigenvalue weighted by Gasteiger charge is -2.37. The molecule has 0 aliphatic heterocycles. The molecule has 0 radical (unpaired) electrons. The van der Waals surface area contributed by atoms with Crippen molar-refractivity contribution in [2.45, 2.75) is 60.3 Å². The maximum Gasteiger partial charge on any atom is 0.0505 e. The average molecular weight is 311 g/mol. The largest absolute Gasteiger partial charge is 0.292 e. The number of fused-ring (bicyclic) bond motifs is 2.